The van der Waals surface area contributed by atoms with E-state index in [0.717, 1.165) is 17.7 Å². The van der Waals surface area contributed by atoms with Gasteiger partial charge in [-0.15, -0.1) is 0 Å². The zero-order valence-electron chi connectivity index (χ0n) is 9.56. The van der Waals surface area contributed by atoms with Gasteiger partial charge in [0.25, 0.3) is 5.91 Å². The van der Waals surface area contributed by atoms with Gasteiger partial charge in [-0.05, 0) is 17.7 Å². The van der Waals surface area contributed by atoms with Crippen molar-refractivity contribution in [2.75, 3.05) is 0 Å². The molecule has 0 heterocycles. The van der Waals surface area contributed by atoms with Crippen molar-refractivity contribution in [3.8, 4) is 5.75 Å². The minimum atomic E-state index is -0.577. The van der Waals surface area contributed by atoms with Crippen LogP contribution in [0.5, 0.6) is 5.75 Å². The molecule has 2 aromatic rings. The molecule has 0 aliphatic heterocycles. The highest BCUT2D eigenvalue weighted by atomic mass is 19.1. The molecule has 18 heavy (non-hydrogen) atoms. The first-order valence-electron chi connectivity index (χ1n) is 5.47. The quantitative estimate of drug-likeness (QED) is 0.872. The minimum Gasteiger partial charge on any atom is -0.507 e. The minimum absolute atomic E-state index is 0.0623. The van der Waals surface area contributed by atoms with Gasteiger partial charge in [0.1, 0.15) is 11.6 Å². The van der Waals surface area contributed by atoms with E-state index in [1.807, 2.05) is 30.3 Å². The number of hydrogen-bond donors (Lipinski definition) is 2. The molecule has 0 aliphatic rings. The molecule has 1 amide bonds. The van der Waals surface area contributed by atoms with E-state index >= 15 is 0 Å². The van der Waals surface area contributed by atoms with E-state index in [4.69, 9.17) is 0 Å². The third-order valence-corrected chi connectivity index (χ3v) is 2.50. The molecule has 3 nitrogen and oxygen atoms in total. The van der Waals surface area contributed by atoms with Crippen LogP contribution in [0.15, 0.2) is 48.5 Å². The maximum absolute atomic E-state index is 12.8. The smallest absolute Gasteiger partial charge is 0.255 e. The van der Waals surface area contributed by atoms with Gasteiger partial charge >= 0.3 is 0 Å². The fourth-order valence-electron chi connectivity index (χ4n) is 1.57. The molecule has 0 spiro atoms. The molecule has 2 aromatic carbocycles. The average molecular weight is 245 g/mol. The molecule has 0 unspecified atom stereocenters. The predicted molar refractivity (Wildman–Crippen MR) is 65.7 cm³/mol. The molecule has 0 aliphatic carbocycles. The molecule has 4 heteroatoms. The van der Waals surface area contributed by atoms with E-state index in [0.29, 0.717) is 6.54 Å². The second-order valence-electron chi connectivity index (χ2n) is 3.83. The van der Waals surface area contributed by atoms with Crippen LogP contribution in [0.1, 0.15) is 15.9 Å². The van der Waals surface area contributed by atoms with Crippen LogP contribution in [0.25, 0.3) is 0 Å². The Morgan fingerprint density at radius 2 is 1.89 bits per heavy atom. The third kappa shape index (κ3) is 2.85. The van der Waals surface area contributed by atoms with Gasteiger partial charge in [-0.3, -0.25) is 4.79 Å². The molecular weight excluding hydrogens is 233 g/mol. The average Bonchev–Trinajstić information content (AvgIpc) is 2.37. The number of hydrogen-bond acceptors (Lipinski definition) is 2. The number of rotatable bonds is 3. The highest BCUT2D eigenvalue weighted by molar-refractivity contribution is 5.96. The lowest BCUT2D eigenvalue weighted by molar-refractivity contribution is 0.0948. The van der Waals surface area contributed by atoms with E-state index in [1.54, 1.807) is 0 Å². The van der Waals surface area contributed by atoms with Crippen molar-refractivity contribution in [3.63, 3.8) is 0 Å². The topological polar surface area (TPSA) is 49.3 Å². The fourth-order valence-corrected chi connectivity index (χ4v) is 1.57. The number of phenols is 1. The second kappa shape index (κ2) is 5.31. The van der Waals surface area contributed by atoms with Crippen LogP contribution in [-0.4, -0.2) is 11.0 Å². The third-order valence-electron chi connectivity index (χ3n) is 2.50. The van der Waals surface area contributed by atoms with Crippen LogP contribution < -0.4 is 5.32 Å². The summed E-state index contributed by atoms with van der Waals surface area (Å²) >= 11 is 0. The number of nitrogens with one attached hydrogen (secondary N) is 1. The van der Waals surface area contributed by atoms with Crippen LogP contribution in [0.4, 0.5) is 4.39 Å². The molecule has 2 N–H and O–H groups in total. The largest absolute Gasteiger partial charge is 0.507 e. The van der Waals surface area contributed by atoms with Gasteiger partial charge in [0.15, 0.2) is 0 Å². The van der Waals surface area contributed by atoms with Crippen molar-refractivity contribution in [3.05, 3.63) is 65.5 Å². The zero-order valence-corrected chi connectivity index (χ0v) is 9.56. The van der Waals surface area contributed by atoms with Crippen LogP contribution in [0.2, 0.25) is 0 Å². The van der Waals surface area contributed by atoms with Crippen molar-refractivity contribution in [2.45, 2.75) is 6.54 Å². The van der Waals surface area contributed by atoms with Crippen molar-refractivity contribution >= 4 is 5.91 Å². The van der Waals surface area contributed by atoms with E-state index in [1.165, 1.54) is 6.07 Å². The standard InChI is InChI=1S/C14H12FNO2/c15-11-6-7-12(13(17)8-11)14(18)16-9-10-4-2-1-3-5-10/h1-8,17H,9H2,(H,16,18). The first kappa shape index (κ1) is 12.1. The molecule has 2 rings (SSSR count). The lowest BCUT2D eigenvalue weighted by Crippen LogP contribution is -2.22. The Morgan fingerprint density at radius 1 is 1.17 bits per heavy atom. The molecular formula is C14H12FNO2. The molecule has 92 valence electrons. The van der Waals surface area contributed by atoms with E-state index < -0.39 is 11.7 Å². The highest BCUT2D eigenvalue weighted by Crippen LogP contribution is 2.17. The van der Waals surface area contributed by atoms with Crippen molar-refractivity contribution in [1.29, 1.82) is 0 Å². The SMILES string of the molecule is O=C(NCc1ccccc1)c1ccc(F)cc1O. The summed E-state index contributed by atoms with van der Waals surface area (Å²) in [6.07, 6.45) is 0. The summed E-state index contributed by atoms with van der Waals surface area (Å²) in [6, 6.07) is 12.7. The Kier molecular flexibility index (Phi) is 3.57. The van der Waals surface area contributed by atoms with Crippen molar-refractivity contribution in [1.82, 2.24) is 5.32 Å². The van der Waals surface area contributed by atoms with Gasteiger partial charge < -0.3 is 10.4 Å². The molecule has 0 bridgehead atoms. The Morgan fingerprint density at radius 3 is 2.56 bits per heavy atom. The predicted octanol–water partition coefficient (Wildman–Crippen LogP) is 2.46. The second-order valence-corrected chi connectivity index (χ2v) is 3.83. The molecule has 0 saturated heterocycles. The summed E-state index contributed by atoms with van der Waals surface area (Å²) in [6.45, 7) is 0.358. The number of aromatic hydroxyl groups is 1. The Hall–Kier alpha value is -2.36. The molecule has 0 radical (unpaired) electrons. The summed E-state index contributed by atoms with van der Waals surface area (Å²) in [5.41, 5.74) is 1.01. The summed E-state index contributed by atoms with van der Waals surface area (Å²) < 4.78 is 12.8. The number of carbonyl (C=O) groups is 1. The van der Waals surface area contributed by atoms with Crippen molar-refractivity contribution in [2.24, 2.45) is 0 Å². The van der Waals surface area contributed by atoms with E-state index in [-0.39, 0.29) is 11.3 Å². The lowest BCUT2D eigenvalue weighted by atomic mass is 10.1. The number of phenolic OH excluding ortho intramolecular Hbond substituents is 1. The molecule has 0 atom stereocenters. The van der Waals surface area contributed by atoms with Gasteiger partial charge in [0.2, 0.25) is 0 Å². The zero-order chi connectivity index (χ0) is 13.0. The summed E-state index contributed by atoms with van der Waals surface area (Å²) in [5, 5.41) is 12.1. The van der Waals surface area contributed by atoms with Crippen LogP contribution in [0.3, 0.4) is 0 Å². The van der Waals surface area contributed by atoms with Crippen LogP contribution in [0, 0.1) is 5.82 Å². The van der Waals surface area contributed by atoms with E-state index in [9.17, 15) is 14.3 Å². The normalized spacial score (nSPS) is 10.1. The van der Waals surface area contributed by atoms with Gasteiger partial charge in [0, 0.05) is 12.6 Å². The monoisotopic (exact) mass is 245 g/mol. The van der Waals surface area contributed by atoms with Gasteiger partial charge in [0.05, 0.1) is 5.56 Å². The number of halogens is 1. The summed E-state index contributed by atoms with van der Waals surface area (Å²) in [7, 11) is 0. The maximum atomic E-state index is 12.8. The first-order chi connectivity index (χ1) is 8.66. The Labute approximate surface area is 104 Å². The van der Waals surface area contributed by atoms with Gasteiger partial charge in [-0.1, -0.05) is 30.3 Å². The Bertz CT molecular complexity index is 555. The van der Waals surface area contributed by atoms with Crippen LogP contribution >= 0.6 is 0 Å². The van der Waals surface area contributed by atoms with E-state index in [2.05, 4.69) is 5.32 Å². The number of carbonyl (C=O) groups excluding carboxylic acids is 1. The van der Waals surface area contributed by atoms with Crippen LogP contribution in [-0.2, 0) is 6.54 Å². The molecule has 0 saturated carbocycles. The highest BCUT2D eigenvalue weighted by Gasteiger charge is 2.11. The summed E-state index contributed by atoms with van der Waals surface area (Å²) in [4.78, 5) is 11.8. The number of benzene rings is 2. The Balaban J connectivity index is 2.04. The molecule has 0 aromatic heterocycles. The van der Waals surface area contributed by atoms with Gasteiger partial charge in [-0.2, -0.15) is 0 Å². The van der Waals surface area contributed by atoms with Crippen molar-refractivity contribution < 1.29 is 14.3 Å². The number of amides is 1. The first-order valence-corrected chi connectivity index (χ1v) is 5.47. The summed E-state index contributed by atoms with van der Waals surface area (Å²) in [5.74, 6) is -1.37. The molecule has 0 fully saturated rings. The fraction of sp³-hybridized carbons (Fsp3) is 0.0714. The maximum Gasteiger partial charge on any atom is 0.255 e. The lowest BCUT2D eigenvalue weighted by Gasteiger charge is -2.06. The van der Waals surface area contributed by atoms with Gasteiger partial charge in [-0.25, -0.2) is 4.39 Å².